The molecule has 2 heteroatoms. The summed E-state index contributed by atoms with van der Waals surface area (Å²) in [6.45, 7) is 6.94. The number of aliphatic hydroxyl groups is 1. The third-order valence-electron chi connectivity index (χ3n) is 7.58. The van der Waals surface area contributed by atoms with Gasteiger partial charge in [-0.15, -0.1) is 0 Å². The highest BCUT2D eigenvalue weighted by atomic mass is 16.3. The average molecular weight is 300 g/mol. The zero-order chi connectivity index (χ0) is 15.6. The molecule has 120 valence electrons. The Morgan fingerprint density at radius 1 is 1.14 bits per heavy atom. The van der Waals surface area contributed by atoms with Crippen LogP contribution in [0.15, 0.2) is 18.2 Å². The predicted octanol–water partition coefficient (Wildman–Crippen LogP) is 4.10. The van der Waals surface area contributed by atoms with Crippen LogP contribution in [0.1, 0.15) is 57.1 Å². The Labute approximate surface area is 133 Å². The maximum Gasteiger partial charge on any atom is 0.115 e. The Kier molecular flexibility index (Phi) is 3.14. The van der Waals surface area contributed by atoms with Crippen LogP contribution in [0.25, 0.3) is 0 Å². The van der Waals surface area contributed by atoms with Crippen LogP contribution in [0.4, 0.5) is 0 Å². The van der Waals surface area contributed by atoms with Crippen molar-refractivity contribution >= 4 is 0 Å². The quantitative estimate of drug-likeness (QED) is 0.757. The summed E-state index contributed by atoms with van der Waals surface area (Å²) in [5.74, 6) is 3.38. The second-order valence-corrected chi connectivity index (χ2v) is 8.43. The first-order valence-corrected chi connectivity index (χ1v) is 8.93. The number of aliphatic hydroxyl groups excluding tert-OH is 1. The molecule has 0 saturated heterocycles. The lowest BCUT2D eigenvalue weighted by atomic mass is 9.54. The Bertz CT molecular complexity index is 595. The molecule has 0 heterocycles. The smallest absolute Gasteiger partial charge is 0.115 e. The molecule has 0 aromatic heterocycles. The fourth-order valence-electron chi connectivity index (χ4n) is 6.40. The standard InChI is InChI=1S/C20H28O2/c1-11-12(2)19(22)20(3)9-8-16-15-7-5-14(21)10-13(15)4-6-17(16)18(11)20/h5,7,10-12,16-19,21-22H,4,6,8-9H2,1-3H3/t11?,12?,16?,17?,18?,19?,20-/m0/s1. The summed E-state index contributed by atoms with van der Waals surface area (Å²) < 4.78 is 0. The molecule has 2 fully saturated rings. The highest BCUT2D eigenvalue weighted by Gasteiger charge is 2.59. The number of hydrogen-bond acceptors (Lipinski definition) is 2. The van der Waals surface area contributed by atoms with Crippen LogP contribution in [0.3, 0.4) is 0 Å². The minimum Gasteiger partial charge on any atom is -0.508 e. The van der Waals surface area contributed by atoms with Crippen molar-refractivity contribution in [3.05, 3.63) is 29.3 Å². The number of hydrogen-bond donors (Lipinski definition) is 2. The number of fused-ring (bicyclic) bond motifs is 5. The fourth-order valence-corrected chi connectivity index (χ4v) is 6.40. The number of phenols is 1. The first-order valence-electron chi connectivity index (χ1n) is 8.93. The molecule has 1 aromatic rings. The Morgan fingerprint density at radius 2 is 1.91 bits per heavy atom. The molecule has 4 rings (SSSR count). The van der Waals surface area contributed by atoms with Crippen LogP contribution in [0, 0.1) is 29.1 Å². The number of aromatic hydroxyl groups is 1. The summed E-state index contributed by atoms with van der Waals surface area (Å²) in [4.78, 5) is 0. The van der Waals surface area contributed by atoms with Gasteiger partial charge in [0.05, 0.1) is 6.10 Å². The van der Waals surface area contributed by atoms with Gasteiger partial charge < -0.3 is 10.2 Å². The zero-order valence-corrected chi connectivity index (χ0v) is 13.9. The van der Waals surface area contributed by atoms with Gasteiger partial charge in [0.1, 0.15) is 5.75 Å². The molecule has 2 N–H and O–H groups in total. The minimum absolute atomic E-state index is 0.106. The van der Waals surface area contributed by atoms with E-state index < -0.39 is 0 Å². The predicted molar refractivity (Wildman–Crippen MR) is 87.8 cm³/mol. The molecule has 7 atom stereocenters. The molecule has 1 aromatic carbocycles. The van der Waals surface area contributed by atoms with Crippen molar-refractivity contribution in [3.63, 3.8) is 0 Å². The van der Waals surface area contributed by atoms with E-state index in [4.69, 9.17) is 0 Å². The van der Waals surface area contributed by atoms with Crippen LogP contribution in [0.5, 0.6) is 5.75 Å². The number of aryl methyl sites for hydroxylation is 1. The first-order chi connectivity index (χ1) is 10.4. The molecule has 3 aliphatic carbocycles. The average Bonchev–Trinajstić information content (AvgIpc) is 2.68. The van der Waals surface area contributed by atoms with Crippen molar-refractivity contribution in [3.8, 4) is 5.75 Å². The lowest BCUT2D eigenvalue weighted by Crippen LogP contribution is -2.45. The van der Waals surface area contributed by atoms with E-state index in [0.717, 1.165) is 12.8 Å². The molecule has 0 spiro atoms. The van der Waals surface area contributed by atoms with Gasteiger partial charge in [-0.2, -0.15) is 0 Å². The van der Waals surface area contributed by atoms with Gasteiger partial charge in [0.25, 0.3) is 0 Å². The monoisotopic (exact) mass is 300 g/mol. The summed E-state index contributed by atoms with van der Waals surface area (Å²) in [6, 6.07) is 5.98. The van der Waals surface area contributed by atoms with Gasteiger partial charge in [-0.05, 0) is 83.9 Å². The van der Waals surface area contributed by atoms with E-state index >= 15 is 0 Å². The van der Waals surface area contributed by atoms with Gasteiger partial charge >= 0.3 is 0 Å². The van der Waals surface area contributed by atoms with Crippen LogP contribution in [0.2, 0.25) is 0 Å². The lowest BCUT2D eigenvalue weighted by Gasteiger charge is -2.51. The van der Waals surface area contributed by atoms with E-state index in [1.807, 2.05) is 12.1 Å². The van der Waals surface area contributed by atoms with Crippen molar-refractivity contribution < 1.29 is 10.2 Å². The van der Waals surface area contributed by atoms with Gasteiger partial charge in [-0.3, -0.25) is 0 Å². The number of rotatable bonds is 0. The van der Waals surface area contributed by atoms with E-state index in [1.54, 1.807) is 0 Å². The van der Waals surface area contributed by atoms with Crippen molar-refractivity contribution in [2.45, 2.75) is 58.5 Å². The summed E-state index contributed by atoms with van der Waals surface area (Å²) in [5, 5.41) is 20.6. The summed E-state index contributed by atoms with van der Waals surface area (Å²) in [5.41, 5.74) is 2.93. The third-order valence-corrected chi connectivity index (χ3v) is 7.58. The SMILES string of the molecule is CC1C(C)C2C3CCc4cc(O)ccc4C3CC[C@]2(C)C1O. The normalized spacial score (nSPS) is 46.7. The van der Waals surface area contributed by atoms with E-state index in [2.05, 4.69) is 26.8 Å². The topological polar surface area (TPSA) is 40.5 Å². The molecule has 3 aliphatic rings. The van der Waals surface area contributed by atoms with Gasteiger partial charge in [0.15, 0.2) is 0 Å². The second-order valence-electron chi connectivity index (χ2n) is 8.43. The lowest BCUT2D eigenvalue weighted by molar-refractivity contribution is -0.0339. The van der Waals surface area contributed by atoms with Crippen LogP contribution in [-0.4, -0.2) is 16.3 Å². The molecule has 0 radical (unpaired) electrons. The van der Waals surface area contributed by atoms with E-state index in [0.29, 0.717) is 35.3 Å². The molecular formula is C20H28O2. The van der Waals surface area contributed by atoms with Gasteiger partial charge in [0.2, 0.25) is 0 Å². The third kappa shape index (κ3) is 1.76. The van der Waals surface area contributed by atoms with Gasteiger partial charge in [0, 0.05) is 0 Å². The van der Waals surface area contributed by atoms with Crippen LogP contribution >= 0.6 is 0 Å². The number of benzene rings is 1. The van der Waals surface area contributed by atoms with E-state index in [1.165, 1.54) is 24.0 Å². The van der Waals surface area contributed by atoms with Crippen LogP contribution < -0.4 is 0 Å². The molecule has 0 amide bonds. The Hall–Kier alpha value is -1.02. The molecule has 2 saturated carbocycles. The van der Waals surface area contributed by atoms with Crippen molar-refractivity contribution in [1.29, 1.82) is 0 Å². The Balaban J connectivity index is 1.74. The fraction of sp³-hybridized carbons (Fsp3) is 0.700. The zero-order valence-electron chi connectivity index (χ0n) is 13.9. The Morgan fingerprint density at radius 3 is 2.68 bits per heavy atom. The van der Waals surface area contributed by atoms with Gasteiger partial charge in [-0.25, -0.2) is 0 Å². The van der Waals surface area contributed by atoms with E-state index in [-0.39, 0.29) is 11.5 Å². The van der Waals surface area contributed by atoms with Crippen molar-refractivity contribution in [2.75, 3.05) is 0 Å². The molecule has 0 bridgehead atoms. The minimum atomic E-state index is -0.144. The first kappa shape index (κ1) is 14.6. The molecule has 22 heavy (non-hydrogen) atoms. The largest absolute Gasteiger partial charge is 0.508 e. The molecule has 6 unspecified atom stereocenters. The van der Waals surface area contributed by atoms with Crippen molar-refractivity contribution in [1.82, 2.24) is 0 Å². The van der Waals surface area contributed by atoms with Crippen LogP contribution in [-0.2, 0) is 6.42 Å². The molecule has 2 nitrogen and oxygen atoms in total. The molecular weight excluding hydrogens is 272 g/mol. The van der Waals surface area contributed by atoms with E-state index in [9.17, 15) is 10.2 Å². The maximum atomic E-state index is 10.8. The number of phenolic OH excluding ortho intramolecular Hbond substituents is 1. The highest BCUT2D eigenvalue weighted by Crippen LogP contribution is 2.64. The maximum absolute atomic E-state index is 10.8. The summed E-state index contributed by atoms with van der Waals surface area (Å²) in [7, 11) is 0. The highest BCUT2D eigenvalue weighted by molar-refractivity contribution is 5.40. The molecule has 0 aliphatic heterocycles. The summed E-state index contributed by atoms with van der Waals surface area (Å²) in [6.07, 6.45) is 4.47. The van der Waals surface area contributed by atoms with Gasteiger partial charge in [-0.1, -0.05) is 26.8 Å². The van der Waals surface area contributed by atoms with Crippen molar-refractivity contribution in [2.24, 2.45) is 29.1 Å². The second kappa shape index (κ2) is 4.74. The summed E-state index contributed by atoms with van der Waals surface area (Å²) >= 11 is 0.